The highest BCUT2D eigenvalue weighted by atomic mass is 32.1. The van der Waals surface area contributed by atoms with E-state index in [0.29, 0.717) is 22.0 Å². The van der Waals surface area contributed by atoms with E-state index < -0.39 is 12.0 Å². The summed E-state index contributed by atoms with van der Waals surface area (Å²) in [6.07, 6.45) is 0. The maximum Gasteiger partial charge on any atom is 0.347 e. The summed E-state index contributed by atoms with van der Waals surface area (Å²) in [5.41, 5.74) is 1.47. The van der Waals surface area contributed by atoms with E-state index in [4.69, 9.17) is 5.11 Å². The monoisotopic (exact) mass is 347 g/mol. The number of carboxylic acid groups (broad SMARTS) is 1. The van der Waals surface area contributed by atoms with Crippen LogP contribution in [0.3, 0.4) is 0 Å². The fourth-order valence-electron chi connectivity index (χ4n) is 2.05. The van der Waals surface area contributed by atoms with Gasteiger partial charge in [0.15, 0.2) is 0 Å². The van der Waals surface area contributed by atoms with Crippen LogP contribution in [0.15, 0.2) is 24.3 Å². The Morgan fingerprint density at radius 3 is 2.33 bits per heavy atom. The molecule has 2 rings (SSSR count). The summed E-state index contributed by atoms with van der Waals surface area (Å²) >= 11 is 1.05. The molecule has 0 aliphatic heterocycles. The molecular formula is C16H17N3O4S. The van der Waals surface area contributed by atoms with Crippen LogP contribution in [0.1, 0.15) is 50.6 Å². The first-order chi connectivity index (χ1) is 11.3. The second-order valence-corrected chi connectivity index (χ2v) is 6.26. The number of nitrogens with zero attached hydrogens (tertiary/aromatic N) is 1. The van der Waals surface area contributed by atoms with Gasteiger partial charge in [-0.15, -0.1) is 11.3 Å². The smallest absolute Gasteiger partial charge is 0.347 e. The van der Waals surface area contributed by atoms with Gasteiger partial charge in [0.1, 0.15) is 9.88 Å². The summed E-state index contributed by atoms with van der Waals surface area (Å²) < 4.78 is 0. The van der Waals surface area contributed by atoms with Gasteiger partial charge in [-0.3, -0.25) is 9.59 Å². The average Bonchev–Trinajstić information content (AvgIpc) is 2.89. The summed E-state index contributed by atoms with van der Waals surface area (Å²) in [5, 5.41) is 15.0. The Morgan fingerprint density at radius 2 is 1.83 bits per heavy atom. The Kier molecular flexibility index (Phi) is 5.30. The topological polar surface area (TPSA) is 108 Å². The van der Waals surface area contributed by atoms with Crippen LogP contribution in [0.4, 0.5) is 5.69 Å². The Balaban J connectivity index is 2.07. The molecule has 1 aromatic heterocycles. The number of nitrogens with one attached hydrogen (secondary N) is 2. The van der Waals surface area contributed by atoms with Gasteiger partial charge in [-0.1, -0.05) is 0 Å². The Hall–Kier alpha value is -2.74. The summed E-state index contributed by atoms with van der Waals surface area (Å²) in [5.74, 6) is -1.51. The van der Waals surface area contributed by atoms with Crippen LogP contribution in [0.25, 0.3) is 0 Å². The molecule has 0 spiro atoms. The lowest BCUT2D eigenvalue weighted by atomic mass is 10.2. The molecule has 1 atom stereocenters. The highest BCUT2D eigenvalue weighted by Gasteiger charge is 2.19. The number of anilines is 1. The molecule has 8 heteroatoms. The molecule has 1 unspecified atom stereocenters. The van der Waals surface area contributed by atoms with E-state index >= 15 is 0 Å². The number of hydrogen-bond acceptors (Lipinski definition) is 5. The third-order valence-electron chi connectivity index (χ3n) is 3.19. The minimum Gasteiger partial charge on any atom is -0.477 e. The predicted octanol–water partition coefficient (Wildman–Crippen LogP) is 2.60. The largest absolute Gasteiger partial charge is 0.477 e. The zero-order valence-electron chi connectivity index (χ0n) is 13.4. The van der Waals surface area contributed by atoms with Crippen molar-refractivity contribution in [2.24, 2.45) is 0 Å². The van der Waals surface area contributed by atoms with Crippen LogP contribution in [0.2, 0.25) is 0 Å². The predicted molar refractivity (Wildman–Crippen MR) is 90.4 cm³/mol. The Bertz CT molecular complexity index is 783. The molecule has 0 bridgehead atoms. The van der Waals surface area contributed by atoms with Crippen LogP contribution in [-0.2, 0) is 4.79 Å². The van der Waals surface area contributed by atoms with Gasteiger partial charge in [0, 0.05) is 18.2 Å². The molecule has 24 heavy (non-hydrogen) atoms. The van der Waals surface area contributed by atoms with Gasteiger partial charge in [-0.2, -0.15) is 0 Å². The minimum absolute atomic E-state index is 0.172. The van der Waals surface area contributed by atoms with Gasteiger partial charge in [-0.25, -0.2) is 9.78 Å². The van der Waals surface area contributed by atoms with Gasteiger partial charge in [0.25, 0.3) is 5.91 Å². The van der Waals surface area contributed by atoms with Crippen LogP contribution >= 0.6 is 11.3 Å². The SMILES string of the molecule is CC(=O)Nc1ccc(C(=O)NC(C)c2nc(C)c(C(=O)O)s2)cc1. The first-order valence-electron chi connectivity index (χ1n) is 7.17. The molecule has 2 amide bonds. The van der Waals surface area contributed by atoms with Crippen LogP contribution in [0, 0.1) is 6.92 Å². The summed E-state index contributed by atoms with van der Waals surface area (Å²) in [6, 6.07) is 6.06. The molecule has 7 nitrogen and oxygen atoms in total. The van der Waals surface area contributed by atoms with Crippen molar-refractivity contribution in [1.29, 1.82) is 0 Å². The minimum atomic E-state index is -1.02. The first kappa shape index (κ1) is 17.6. The number of benzene rings is 1. The van der Waals surface area contributed by atoms with Crippen molar-refractivity contribution in [3.8, 4) is 0 Å². The molecule has 0 radical (unpaired) electrons. The zero-order valence-corrected chi connectivity index (χ0v) is 14.2. The van der Waals surface area contributed by atoms with Crippen LogP contribution in [0.5, 0.6) is 0 Å². The lowest BCUT2D eigenvalue weighted by Crippen LogP contribution is -2.26. The molecule has 2 aromatic rings. The molecule has 1 heterocycles. The molecular weight excluding hydrogens is 330 g/mol. The van der Waals surface area contributed by atoms with E-state index in [1.54, 1.807) is 38.1 Å². The highest BCUT2D eigenvalue weighted by molar-refractivity contribution is 7.13. The number of carboxylic acids is 1. The van der Waals surface area contributed by atoms with E-state index in [9.17, 15) is 14.4 Å². The normalized spacial score (nSPS) is 11.6. The van der Waals surface area contributed by atoms with Gasteiger partial charge in [0.05, 0.1) is 11.7 Å². The van der Waals surface area contributed by atoms with Crippen LogP contribution in [-0.4, -0.2) is 27.9 Å². The maximum atomic E-state index is 12.2. The quantitative estimate of drug-likeness (QED) is 0.770. The van der Waals surface area contributed by atoms with Crippen LogP contribution < -0.4 is 10.6 Å². The number of amides is 2. The lowest BCUT2D eigenvalue weighted by Gasteiger charge is -2.11. The third-order valence-corrected chi connectivity index (χ3v) is 4.52. The van der Waals surface area contributed by atoms with E-state index in [2.05, 4.69) is 15.6 Å². The Labute approximate surface area is 142 Å². The number of thiazole rings is 1. The fraction of sp³-hybridized carbons (Fsp3) is 0.250. The molecule has 0 aliphatic rings. The van der Waals surface area contributed by atoms with Crippen molar-refractivity contribution in [3.05, 3.63) is 45.4 Å². The fourth-order valence-corrected chi connectivity index (χ4v) is 2.96. The van der Waals surface area contributed by atoms with Crippen molar-refractivity contribution in [3.63, 3.8) is 0 Å². The first-order valence-corrected chi connectivity index (χ1v) is 7.98. The number of carbonyl (C=O) groups is 3. The zero-order chi connectivity index (χ0) is 17.9. The van der Waals surface area contributed by atoms with Gasteiger partial charge in [-0.05, 0) is 38.1 Å². The molecule has 0 fully saturated rings. The molecule has 126 valence electrons. The lowest BCUT2D eigenvalue weighted by molar-refractivity contribution is -0.114. The molecule has 0 aliphatic carbocycles. The number of aromatic carboxylic acids is 1. The van der Waals surface area contributed by atoms with E-state index in [-0.39, 0.29) is 16.7 Å². The van der Waals surface area contributed by atoms with Crippen molar-refractivity contribution < 1.29 is 19.5 Å². The van der Waals surface area contributed by atoms with E-state index in [0.717, 1.165) is 11.3 Å². The van der Waals surface area contributed by atoms with Gasteiger partial charge < -0.3 is 15.7 Å². The number of aryl methyl sites for hydroxylation is 1. The molecule has 0 saturated heterocycles. The van der Waals surface area contributed by atoms with Crippen molar-refractivity contribution in [2.45, 2.75) is 26.8 Å². The molecule has 1 aromatic carbocycles. The van der Waals surface area contributed by atoms with E-state index in [1.165, 1.54) is 6.92 Å². The molecule has 0 saturated carbocycles. The maximum absolute atomic E-state index is 12.2. The van der Waals surface area contributed by atoms with Gasteiger partial charge >= 0.3 is 5.97 Å². The van der Waals surface area contributed by atoms with Gasteiger partial charge in [0.2, 0.25) is 5.91 Å². The van der Waals surface area contributed by atoms with Crippen molar-refractivity contribution >= 4 is 34.8 Å². The summed E-state index contributed by atoms with van der Waals surface area (Å²) in [7, 11) is 0. The number of aromatic nitrogens is 1. The summed E-state index contributed by atoms with van der Waals surface area (Å²) in [6.45, 7) is 4.77. The number of hydrogen-bond donors (Lipinski definition) is 3. The number of carbonyl (C=O) groups excluding carboxylic acids is 2. The van der Waals surface area contributed by atoms with Crippen molar-refractivity contribution in [1.82, 2.24) is 10.3 Å². The highest BCUT2D eigenvalue weighted by Crippen LogP contribution is 2.23. The Morgan fingerprint density at radius 1 is 1.21 bits per heavy atom. The summed E-state index contributed by atoms with van der Waals surface area (Å²) in [4.78, 5) is 38.7. The second-order valence-electron chi connectivity index (χ2n) is 5.23. The van der Waals surface area contributed by atoms with Crippen molar-refractivity contribution in [2.75, 3.05) is 5.32 Å². The standard InChI is InChI=1S/C16H17N3O4S/c1-8-13(16(22)23)24-15(18-8)9(2)17-14(21)11-4-6-12(7-5-11)19-10(3)20/h4-7,9H,1-3H3,(H,17,21)(H,19,20)(H,22,23). The third kappa shape index (κ3) is 4.17. The van der Waals surface area contributed by atoms with E-state index in [1.807, 2.05) is 0 Å². The molecule has 3 N–H and O–H groups in total. The average molecular weight is 347 g/mol. The number of rotatable bonds is 5. The second kappa shape index (κ2) is 7.22.